The quantitative estimate of drug-likeness (QED) is 0.570. The van der Waals surface area contributed by atoms with E-state index in [9.17, 15) is 9.59 Å². The van der Waals surface area contributed by atoms with Gasteiger partial charge in [-0.15, -0.1) is 11.8 Å². The highest BCUT2D eigenvalue weighted by molar-refractivity contribution is 7.99. The molecule has 0 saturated heterocycles. The molecule has 0 spiro atoms. The van der Waals surface area contributed by atoms with E-state index >= 15 is 0 Å². The number of hydrogen-bond acceptors (Lipinski definition) is 6. The van der Waals surface area contributed by atoms with Gasteiger partial charge in [0.1, 0.15) is 5.03 Å². The van der Waals surface area contributed by atoms with Crippen LogP contribution in [0.2, 0.25) is 0 Å². The van der Waals surface area contributed by atoms with E-state index in [0.717, 1.165) is 18.6 Å². The van der Waals surface area contributed by atoms with Crippen molar-refractivity contribution >= 4 is 23.7 Å². The van der Waals surface area contributed by atoms with Crippen molar-refractivity contribution < 1.29 is 19.1 Å². The lowest BCUT2D eigenvalue weighted by Crippen LogP contribution is -2.14. The first-order valence-electron chi connectivity index (χ1n) is 6.92. The third-order valence-electron chi connectivity index (χ3n) is 3.49. The molecule has 0 atom stereocenters. The fraction of sp³-hybridized carbons (Fsp3) is 0.533. The smallest absolute Gasteiger partial charge is 0.340 e. The average Bonchev–Trinajstić information content (AvgIpc) is 3.25. The molecule has 5 nitrogen and oxygen atoms in total. The zero-order chi connectivity index (χ0) is 15.3. The summed E-state index contributed by atoms with van der Waals surface area (Å²) in [5.41, 5.74) is 0.486. The SMILES string of the molecule is CCOC(=O)c1cccnc1SCC1(CC(=O)OC)CC1. The van der Waals surface area contributed by atoms with Crippen LogP contribution in [0.25, 0.3) is 0 Å². The number of esters is 2. The summed E-state index contributed by atoms with van der Waals surface area (Å²) in [6.07, 6.45) is 4.11. The van der Waals surface area contributed by atoms with Gasteiger partial charge in [-0.25, -0.2) is 9.78 Å². The van der Waals surface area contributed by atoms with Gasteiger partial charge < -0.3 is 9.47 Å². The molecule has 2 rings (SSSR count). The van der Waals surface area contributed by atoms with E-state index in [0.29, 0.717) is 23.6 Å². The zero-order valence-corrected chi connectivity index (χ0v) is 13.1. The van der Waals surface area contributed by atoms with Crippen LogP contribution in [0.5, 0.6) is 0 Å². The van der Waals surface area contributed by atoms with Crippen LogP contribution in [0.15, 0.2) is 23.4 Å². The van der Waals surface area contributed by atoms with E-state index in [1.54, 1.807) is 25.3 Å². The lowest BCUT2D eigenvalue weighted by Gasteiger charge is -2.13. The third-order valence-corrected chi connectivity index (χ3v) is 4.84. The Balaban J connectivity index is 2.00. The van der Waals surface area contributed by atoms with Crippen LogP contribution in [0.1, 0.15) is 36.5 Å². The molecular weight excluding hydrogens is 290 g/mol. The van der Waals surface area contributed by atoms with Crippen LogP contribution in [0.3, 0.4) is 0 Å². The van der Waals surface area contributed by atoms with Crippen molar-refractivity contribution in [3.8, 4) is 0 Å². The molecule has 6 heteroatoms. The number of methoxy groups -OCH3 is 1. The van der Waals surface area contributed by atoms with Gasteiger partial charge in [0.15, 0.2) is 0 Å². The van der Waals surface area contributed by atoms with E-state index in [4.69, 9.17) is 9.47 Å². The number of thioether (sulfide) groups is 1. The standard InChI is InChI=1S/C15H19NO4S/c1-3-20-14(18)11-5-4-8-16-13(11)21-10-15(6-7-15)9-12(17)19-2/h4-5,8H,3,6-7,9-10H2,1-2H3. The molecule has 1 aromatic rings. The Hall–Kier alpha value is -1.56. The van der Waals surface area contributed by atoms with Gasteiger partial charge in [0.2, 0.25) is 0 Å². The van der Waals surface area contributed by atoms with E-state index in [1.165, 1.54) is 18.9 Å². The predicted molar refractivity (Wildman–Crippen MR) is 79.2 cm³/mol. The van der Waals surface area contributed by atoms with Crippen LogP contribution < -0.4 is 0 Å². The number of pyridine rings is 1. The van der Waals surface area contributed by atoms with Gasteiger partial charge in [-0.3, -0.25) is 4.79 Å². The average molecular weight is 309 g/mol. The van der Waals surface area contributed by atoms with Crippen molar-refractivity contribution in [2.24, 2.45) is 5.41 Å². The molecule has 0 unspecified atom stereocenters. The number of aromatic nitrogens is 1. The maximum Gasteiger partial charge on any atom is 0.340 e. The lowest BCUT2D eigenvalue weighted by molar-refractivity contribution is -0.141. The molecule has 1 heterocycles. The molecule has 21 heavy (non-hydrogen) atoms. The molecule has 1 fully saturated rings. The number of nitrogens with zero attached hydrogens (tertiary/aromatic N) is 1. The first kappa shape index (κ1) is 15.8. The molecular formula is C15H19NO4S. The maximum absolute atomic E-state index is 11.9. The van der Waals surface area contributed by atoms with E-state index < -0.39 is 0 Å². The maximum atomic E-state index is 11.9. The van der Waals surface area contributed by atoms with Gasteiger partial charge in [0.05, 0.1) is 25.7 Å². The first-order chi connectivity index (χ1) is 10.1. The molecule has 114 valence electrons. The Morgan fingerprint density at radius 3 is 2.81 bits per heavy atom. The van der Waals surface area contributed by atoms with Crippen LogP contribution >= 0.6 is 11.8 Å². The normalized spacial score (nSPS) is 15.3. The highest BCUT2D eigenvalue weighted by atomic mass is 32.2. The summed E-state index contributed by atoms with van der Waals surface area (Å²) in [5.74, 6) is 0.219. The molecule has 0 aliphatic heterocycles. The molecule has 1 aliphatic carbocycles. The summed E-state index contributed by atoms with van der Waals surface area (Å²) in [5, 5.41) is 0.659. The minimum absolute atomic E-state index is 0.00120. The molecule has 1 saturated carbocycles. The second kappa shape index (κ2) is 6.93. The number of rotatable bonds is 7. The van der Waals surface area contributed by atoms with Crippen LogP contribution in [0, 0.1) is 5.41 Å². The Morgan fingerprint density at radius 1 is 1.43 bits per heavy atom. The molecule has 1 aromatic heterocycles. The summed E-state index contributed by atoms with van der Waals surface area (Å²) in [7, 11) is 1.41. The topological polar surface area (TPSA) is 65.5 Å². The Kier molecular flexibility index (Phi) is 5.22. The number of carbonyl (C=O) groups is 2. The third kappa shape index (κ3) is 4.20. The molecule has 0 N–H and O–H groups in total. The van der Waals surface area contributed by atoms with E-state index in [1.807, 2.05) is 0 Å². The Bertz CT molecular complexity index is 528. The highest BCUT2D eigenvalue weighted by Gasteiger charge is 2.44. The van der Waals surface area contributed by atoms with Crippen LogP contribution in [0.4, 0.5) is 0 Å². The van der Waals surface area contributed by atoms with Crippen LogP contribution in [-0.4, -0.2) is 36.4 Å². The summed E-state index contributed by atoms with van der Waals surface area (Å²) >= 11 is 1.50. The monoisotopic (exact) mass is 309 g/mol. The van der Waals surface area contributed by atoms with Crippen molar-refractivity contribution in [3.63, 3.8) is 0 Å². The molecule has 0 amide bonds. The molecule has 0 aromatic carbocycles. The van der Waals surface area contributed by atoms with Gasteiger partial charge in [0.25, 0.3) is 0 Å². The first-order valence-corrected chi connectivity index (χ1v) is 7.90. The van der Waals surface area contributed by atoms with Gasteiger partial charge in [-0.2, -0.15) is 0 Å². The van der Waals surface area contributed by atoms with Gasteiger partial charge in [-0.1, -0.05) is 0 Å². The second-order valence-corrected chi connectivity index (χ2v) is 6.08. The summed E-state index contributed by atoms with van der Waals surface area (Å²) in [4.78, 5) is 27.6. The van der Waals surface area contributed by atoms with Gasteiger partial charge >= 0.3 is 11.9 Å². The number of carbonyl (C=O) groups excluding carboxylic acids is 2. The summed E-state index contributed by atoms with van der Waals surface area (Å²) < 4.78 is 9.77. The molecule has 0 radical (unpaired) electrons. The van der Waals surface area contributed by atoms with Gasteiger partial charge in [0, 0.05) is 11.9 Å². The highest BCUT2D eigenvalue weighted by Crippen LogP contribution is 2.52. The van der Waals surface area contributed by atoms with Gasteiger partial charge in [-0.05, 0) is 37.3 Å². The Morgan fingerprint density at radius 2 is 2.19 bits per heavy atom. The lowest BCUT2D eigenvalue weighted by atomic mass is 10.1. The van der Waals surface area contributed by atoms with Crippen molar-refractivity contribution in [3.05, 3.63) is 23.9 Å². The summed E-state index contributed by atoms with van der Waals surface area (Å²) in [6, 6.07) is 3.44. The fourth-order valence-corrected chi connectivity index (χ4v) is 3.29. The minimum Gasteiger partial charge on any atom is -0.469 e. The molecule has 0 bridgehead atoms. The van der Waals surface area contributed by atoms with Crippen molar-refractivity contribution in [1.82, 2.24) is 4.98 Å². The zero-order valence-electron chi connectivity index (χ0n) is 12.3. The largest absolute Gasteiger partial charge is 0.469 e. The van der Waals surface area contributed by atoms with Crippen molar-refractivity contribution in [2.45, 2.75) is 31.2 Å². The van der Waals surface area contributed by atoms with Crippen molar-refractivity contribution in [1.29, 1.82) is 0 Å². The minimum atomic E-state index is -0.356. The predicted octanol–water partition coefficient (Wildman–Crippen LogP) is 2.69. The van der Waals surface area contributed by atoms with E-state index in [-0.39, 0.29) is 17.4 Å². The second-order valence-electron chi connectivity index (χ2n) is 5.12. The fourth-order valence-electron chi connectivity index (χ4n) is 2.02. The van der Waals surface area contributed by atoms with Crippen LogP contribution in [-0.2, 0) is 14.3 Å². The summed E-state index contributed by atoms with van der Waals surface area (Å²) in [6.45, 7) is 2.11. The van der Waals surface area contributed by atoms with Crippen molar-refractivity contribution in [2.75, 3.05) is 19.5 Å². The van der Waals surface area contributed by atoms with E-state index in [2.05, 4.69) is 4.98 Å². The Labute approximate surface area is 128 Å². The molecule has 1 aliphatic rings. The number of hydrogen-bond donors (Lipinski definition) is 0. The number of ether oxygens (including phenoxy) is 2.